The summed E-state index contributed by atoms with van der Waals surface area (Å²) in [5.41, 5.74) is -0.442. The summed E-state index contributed by atoms with van der Waals surface area (Å²) in [5, 5.41) is 10.2. The summed E-state index contributed by atoms with van der Waals surface area (Å²) in [6, 6.07) is 0.275. The zero-order valence-corrected chi connectivity index (χ0v) is 13.7. The first-order valence-corrected chi connectivity index (χ1v) is 8.27. The molecule has 0 radical (unpaired) electrons. The van der Waals surface area contributed by atoms with Crippen molar-refractivity contribution in [2.45, 2.75) is 70.6 Å². The van der Waals surface area contributed by atoms with Crippen LogP contribution in [-0.2, 0) is 4.74 Å². The Morgan fingerprint density at radius 2 is 1.76 bits per heavy atom. The van der Waals surface area contributed by atoms with Crippen LogP contribution < -0.4 is 0 Å². The van der Waals surface area contributed by atoms with Crippen LogP contribution in [0.1, 0.15) is 52.9 Å². The van der Waals surface area contributed by atoms with Crippen molar-refractivity contribution in [3.05, 3.63) is 0 Å². The monoisotopic (exact) mass is 298 g/mol. The Hall–Kier alpha value is -0.810. The van der Waals surface area contributed by atoms with Gasteiger partial charge in [0.2, 0.25) is 0 Å². The van der Waals surface area contributed by atoms with Crippen molar-refractivity contribution < 1.29 is 14.6 Å². The van der Waals surface area contributed by atoms with Crippen molar-refractivity contribution in [2.75, 3.05) is 26.2 Å². The molecule has 2 rings (SSSR count). The number of hydrogen-bond donors (Lipinski definition) is 1. The van der Waals surface area contributed by atoms with Crippen LogP contribution in [0.25, 0.3) is 0 Å². The van der Waals surface area contributed by atoms with Crippen LogP contribution in [0.4, 0.5) is 4.79 Å². The van der Waals surface area contributed by atoms with Crippen LogP contribution in [0.15, 0.2) is 0 Å². The normalized spacial score (nSPS) is 29.0. The third-order valence-corrected chi connectivity index (χ3v) is 4.35. The largest absolute Gasteiger partial charge is 0.444 e. The van der Waals surface area contributed by atoms with Crippen molar-refractivity contribution in [3.63, 3.8) is 0 Å². The van der Waals surface area contributed by atoms with Crippen molar-refractivity contribution in [1.29, 1.82) is 0 Å². The van der Waals surface area contributed by atoms with Gasteiger partial charge in [-0.2, -0.15) is 0 Å². The van der Waals surface area contributed by atoms with E-state index in [0.717, 1.165) is 45.3 Å². The molecule has 2 atom stereocenters. The maximum Gasteiger partial charge on any atom is 0.410 e. The Morgan fingerprint density at radius 3 is 2.43 bits per heavy atom. The van der Waals surface area contributed by atoms with Gasteiger partial charge in [-0.3, -0.25) is 4.90 Å². The quantitative estimate of drug-likeness (QED) is 0.806. The molecular formula is C16H30N2O3. The molecule has 1 aliphatic heterocycles. The second-order valence-electron chi connectivity index (χ2n) is 7.28. The number of amides is 1. The molecule has 1 N–H and O–H groups in total. The fraction of sp³-hybridized carbons (Fsp3) is 0.938. The smallest absolute Gasteiger partial charge is 0.410 e. The topological polar surface area (TPSA) is 53.0 Å². The highest BCUT2D eigenvalue weighted by atomic mass is 16.6. The predicted molar refractivity (Wildman–Crippen MR) is 82.3 cm³/mol. The molecule has 2 fully saturated rings. The number of rotatable bonds is 1. The Bertz CT molecular complexity index is 354. The minimum absolute atomic E-state index is 0.202. The van der Waals surface area contributed by atoms with E-state index in [0.29, 0.717) is 6.54 Å². The Kier molecular flexibility index (Phi) is 5.49. The zero-order chi connectivity index (χ0) is 15.5. The van der Waals surface area contributed by atoms with E-state index in [2.05, 4.69) is 4.90 Å². The molecule has 1 saturated heterocycles. The van der Waals surface area contributed by atoms with Crippen LogP contribution in [0, 0.1) is 0 Å². The lowest BCUT2D eigenvalue weighted by Gasteiger charge is -2.37. The van der Waals surface area contributed by atoms with Crippen molar-refractivity contribution in [1.82, 2.24) is 9.80 Å². The predicted octanol–water partition coefficient (Wildman–Crippen LogP) is 2.23. The first-order chi connectivity index (χ1) is 9.87. The molecule has 0 aromatic rings. The number of ether oxygens (including phenoxy) is 1. The SMILES string of the molecule is CC(C)(C)OC(=O)N1CCCN([C@@H]2CCCC[C@H]2O)CC1. The van der Waals surface area contributed by atoms with E-state index in [1.54, 1.807) is 4.90 Å². The number of aliphatic hydroxyl groups excluding tert-OH is 1. The van der Waals surface area contributed by atoms with Gasteiger partial charge in [0.1, 0.15) is 5.60 Å². The molecule has 0 unspecified atom stereocenters. The van der Waals surface area contributed by atoms with Gasteiger partial charge in [-0.25, -0.2) is 4.79 Å². The van der Waals surface area contributed by atoms with E-state index in [-0.39, 0.29) is 18.2 Å². The standard InChI is InChI=1S/C16H30N2O3/c1-16(2,3)21-15(20)18-10-6-9-17(11-12-18)13-7-4-5-8-14(13)19/h13-14,19H,4-12H2,1-3H3/t13-,14-/m1/s1. The molecule has 0 aromatic carbocycles. The second-order valence-corrected chi connectivity index (χ2v) is 7.28. The number of aliphatic hydroxyl groups is 1. The number of carbonyl (C=O) groups excluding carboxylic acids is 1. The summed E-state index contributed by atoms with van der Waals surface area (Å²) in [5.74, 6) is 0. The zero-order valence-electron chi connectivity index (χ0n) is 13.7. The summed E-state index contributed by atoms with van der Waals surface area (Å²) >= 11 is 0. The van der Waals surface area contributed by atoms with Crippen LogP contribution in [-0.4, -0.2) is 64.9 Å². The molecule has 0 spiro atoms. The van der Waals surface area contributed by atoms with Gasteiger partial charge in [0.05, 0.1) is 6.10 Å². The average Bonchev–Trinajstić information content (AvgIpc) is 2.63. The van der Waals surface area contributed by atoms with E-state index < -0.39 is 5.60 Å². The van der Waals surface area contributed by atoms with Gasteiger partial charge in [-0.15, -0.1) is 0 Å². The van der Waals surface area contributed by atoms with Gasteiger partial charge in [0, 0.05) is 32.2 Å². The maximum atomic E-state index is 12.1. The van der Waals surface area contributed by atoms with E-state index >= 15 is 0 Å². The van der Waals surface area contributed by atoms with Crippen molar-refractivity contribution in [3.8, 4) is 0 Å². The maximum absolute atomic E-state index is 12.1. The van der Waals surface area contributed by atoms with Crippen molar-refractivity contribution >= 4 is 6.09 Å². The third-order valence-electron chi connectivity index (χ3n) is 4.35. The first-order valence-electron chi connectivity index (χ1n) is 8.27. The molecule has 1 saturated carbocycles. The molecule has 0 bridgehead atoms. The Labute approximate surface area is 128 Å². The molecule has 21 heavy (non-hydrogen) atoms. The summed E-state index contributed by atoms with van der Waals surface area (Å²) < 4.78 is 5.45. The molecule has 5 heteroatoms. The van der Waals surface area contributed by atoms with Gasteiger partial charge >= 0.3 is 6.09 Å². The van der Waals surface area contributed by atoms with Crippen LogP contribution >= 0.6 is 0 Å². The first kappa shape index (κ1) is 16.6. The summed E-state index contributed by atoms with van der Waals surface area (Å²) in [7, 11) is 0. The summed E-state index contributed by atoms with van der Waals surface area (Å²) in [6.45, 7) is 8.92. The number of hydrogen-bond acceptors (Lipinski definition) is 4. The van der Waals surface area contributed by atoms with E-state index in [1.807, 2.05) is 20.8 Å². The van der Waals surface area contributed by atoms with Gasteiger partial charge in [0.15, 0.2) is 0 Å². The molecule has 1 aliphatic carbocycles. The lowest BCUT2D eigenvalue weighted by atomic mass is 9.91. The Balaban J connectivity index is 1.88. The van der Waals surface area contributed by atoms with E-state index in [9.17, 15) is 9.90 Å². The molecule has 1 heterocycles. The highest BCUT2D eigenvalue weighted by Crippen LogP contribution is 2.24. The lowest BCUT2D eigenvalue weighted by Crippen LogP contribution is -2.47. The molecule has 1 amide bonds. The highest BCUT2D eigenvalue weighted by Gasteiger charge is 2.31. The van der Waals surface area contributed by atoms with E-state index in [1.165, 1.54) is 6.42 Å². The number of carbonyl (C=O) groups is 1. The van der Waals surface area contributed by atoms with Gasteiger partial charge in [0.25, 0.3) is 0 Å². The molecule has 122 valence electrons. The lowest BCUT2D eigenvalue weighted by molar-refractivity contribution is 0.0163. The second kappa shape index (κ2) is 6.97. The van der Waals surface area contributed by atoms with E-state index in [4.69, 9.17) is 4.74 Å². The molecule has 5 nitrogen and oxygen atoms in total. The van der Waals surface area contributed by atoms with Crippen LogP contribution in [0.2, 0.25) is 0 Å². The highest BCUT2D eigenvalue weighted by molar-refractivity contribution is 5.68. The molecular weight excluding hydrogens is 268 g/mol. The average molecular weight is 298 g/mol. The number of nitrogens with zero attached hydrogens (tertiary/aromatic N) is 2. The third kappa shape index (κ3) is 4.85. The minimum Gasteiger partial charge on any atom is -0.444 e. The minimum atomic E-state index is -0.442. The fourth-order valence-corrected chi connectivity index (χ4v) is 3.30. The van der Waals surface area contributed by atoms with Crippen LogP contribution in [0.3, 0.4) is 0 Å². The summed E-state index contributed by atoms with van der Waals surface area (Å²) in [4.78, 5) is 16.3. The van der Waals surface area contributed by atoms with Gasteiger partial charge in [-0.05, 0) is 40.0 Å². The van der Waals surface area contributed by atoms with Gasteiger partial charge < -0.3 is 14.7 Å². The van der Waals surface area contributed by atoms with Crippen LogP contribution in [0.5, 0.6) is 0 Å². The molecule has 0 aromatic heterocycles. The fourth-order valence-electron chi connectivity index (χ4n) is 3.30. The molecule has 2 aliphatic rings. The summed E-state index contributed by atoms with van der Waals surface area (Å²) in [6.07, 6.45) is 4.86. The van der Waals surface area contributed by atoms with Crippen molar-refractivity contribution in [2.24, 2.45) is 0 Å². The Morgan fingerprint density at radius 1 is 1.05 bits per heavy atom. The van der Waals surface area contributed by atoms with Gasteiger partial charge in [-0.1, -0.05) is 12.8 Å².